The number of amides is 1. The maximum absolute atomic E-state index is 12.5. The van der Waals surface area contributed by atoms with E-state index >= 15 is 0 Å². The summed E-state index contributed by atoms with van der Waals surface area (Å²) in [4.78, 5) is 14.3. The Kier molecular flexibility index (Phi) is 5.82. The molecule has 0 bridgehead atoms. The van der Waals surface area contributed by atoms with E-state index < -0.39 is 5.60 Å². The van der Waals surface area contributed by atoms with Crippen LogP contribution in [0.25, 0.3) is 0 Å². The first-order chi connectivity index (χ1) is 13.2. The smallest absolute Gasteiger partial charge is 0.410 e. The van der Waals surface area contributed by atoms with Gasteiger partial charge in [-0.1, -0.05) is 24.3 Å². The van der Waals surface area contributed by atoms with Crippen LogP contribution in [-0.4, -0.2) is 29.7 Å². The molecule has 1 amide bonds. The maximum Gasteiger partial charge on any atom is 0.410 e. The Hall–Kier alpha value is -2.69. The fourth-order valence-electron chi connectivity index (χ4n) is 3.82. The van der Waals surface area contributed by atoms with Gasteiger partial charge in [-0.25, -0.2) is 4.79 Å². The number of rotatable bonds is 4. The number of anilines is 2. The molecule has 2 aromatic carbocycles. The molecule has 1 unspecified atom stereocenters. The van der Waals surface area contributed by atoms with Crippen molar-refractivity contribution in [1.29, 1.82) is 0 Å². The van der Waals surface area contributed by atoms with Crippen LogP contribution in [0.4, 0.5) is 16.2 Å². The topological polar surface area (TPSA) is 81.6 Å². The largest absolute Gasteiger partial charge is 0.444 e. The van der Waals surface area contributed by atoms with Gasteiger partial charge < -0.3 is 21.1 Å². The minimum Gasteiger partial charge on any atom is -0.444 e. The van der Waals surface area contributed by atoms with Gasteiger partial charge in [-0.15, -0.1) is 0 Å². The van der Waals surface area contributed by atoms with Crippen molar-refractivity contribution in [3.05, 3.63) is 59.7 Å². The molecule has 28 heavy (non-hydrogen) atoms. The van der Waals surface area contributed by atoms with Crippen LogP contribution in [0.1, 0.15) is 44.2 Å². The van der Waals surface area contributed by atoms with E-state index in [1.807, 2.05) is 49.9 Å². The quantitative estimate of drug-likeness (QED) is 0.768. The van der Waals surface area contributed by atoms with Crippen molar-refractivity contribution in [1.82, 2.24) is 4.90 Å². The number of ether oxygens (including phenoxy) is 1. The number of nitrogen functional groups attached to an aromatic ring is 2. The highest BCUT2D eigenvalue weighted by molar-refractivity contribution is 5.68. The van der Waals surface area contributed by atoms with Crippen LogP contribution in [0.5, 0.6) is 0 Å². The number of carbonyl (C=O) groups excluding carboxylic acids is 1. The molecule has 0 saturated carbocycles. The molecule has 4 N–H and O–H groups in total. The number of benzene rings is 2. The third-order valence-electron chi connectivity index (χ3n) is 5.25. The SMILES string of the molecule is CC(C)(C)OC(=O)N1CC[C@@H](C(Cc2ccc(N)cc2)c2ccc(N)cc2)C1. The molecule has 1 aliphatic heterocycles. The molecule has 5 nitrogen and oxygen atoms in total. The number of likely N-dealkylation sites (tertiary alicyclic amines) is 1. The van der Waals surface area contributed by atoms with Gasteiger partial charge in [-0.2, -0.15) is 0 Å². The molecule has 0 aliphatic carbocycles. The molecule has 2 aromatic rings. The van der Waals surface area contributed by atoms with Gasteiger partial charge in [0.15, 0.2) is 0 Å². The van der Waals surface area contributed by atoms with Gasteiger partial charge in [0.2, 0.25) is 0 Å². The van der Waals surface area contributed by atoms with Crippen molar-refractivity contribution < 1.29 is 9.53 Å². The maximum atomic E-state index is 12.5. The number of hydrogen-bond donors (Lipinski definition) is 2. The lowest BCUT2D eigenvalue weighted by molar-refractivity contribution is 0.0286. The Bertz CT molecular complexity index is 794. The molecule has 1 heterocycles. The van der Waals surface area contributed by atoms with Crippen molar-refractivity contribution >= 4 is 17.5 Å². The van der Waals surface area contributed by atoms with Crippen molar-refractivity contribution in [2.45, 2.75) is 45.1 Å². The predicted octanol–water partition coefficient (Wildman–Crippen LogP) is 4.43. The summed E-state index contributed by atoms with van der Waals surface area (Å²) in [6.07, 6.45) is 1.64. The minimum atomic E-state index is -0.477. The molecule has 1 fully saturated rings. The average Bonchev–Trinajstić information content (AvgIpc) is 3.11. The standard InChI is InChI=1S/C23H31N3O2/c1-23(2,3)28-22(27)26-13-12-18(15-26)21(17-6-10-20(25)11-7-17)14-16-4-8-19(24)9-5-16/h4-11,18,21H,12-15,24-25H2,1-3H3/t18-,21?/m1/s1. The van der Waals surface area contributed by atoms with E-state index in [4.69, 9.17) is 16.2 Å². The zero-order chi connectivity index (χ0) is 20.3. The molecule has 0 radical (unpaired) electrons. The molecular formula is C23H31N3O2. The molecule has 150 valence electrons. The molecule has 5 heteroatoms. The van der Waals surface area contributed by atoms with Gasteiger partial charge in [0, 0.05) is 24.5 Å². The Morgan fingerprint density at radius 3 is 2.21 bits per heavy atom. The minimum absolute atomic E-state index is 0.224. The van der Waals surface area contributed by atoms with Gasteiger partial charge in [-0.05, 0) is 80.8 Å². The van der Waals surface area contributed by atoms with Crippen LogP contribution < -0.4 is 11.5 Å². The third kappa shape index (κ3) is 5.18. The van der Waals surface area contributed by atoms with Crippen molar-refractivity contribution in [3.8, 4) is 0 Å². The van der Waals surface area contributed by atoms with Crippen LogP contribution >= 0.6 is 0 Å². The van der Waals surface area contributed by atoms with Crippen molar-refractivity contribution in [2.24, 2.45) is 5.92 Å². The van der Waals surface area contributed by atoms with Crippen LogP contribution in [0.15, 0.2) is 48.5 Å². The molecule has 0 spiro atoms. The van der Waals surface area contributed by atoms with E-state index in [9.17, 15) is 4.79 Å². The lowest BCUT2D eigenvalue weighted by Gasteiger charge is -2.27. The van der Waals surface area contributed by atoms with E-state index in [0.29, 0.717) is 18.4 Å². The average molecular weight is 382 g/mol. The summed E-state index contributed by atoms with van der Waals surface area (Å²) in [5, 5.41) is 0. The third-order valence-corrected chi connectivity index (χ3v) is 5.25. The molecule has 0 aromatic heterocycles. The zero-order valence-corrected chi connectivity index (χ0v) is 17.0. The second-order valence-corrected chi connectivity index (χ2v) is 8.69. The van der Waals surface area contributed by atoms with Crippen LogP contribution in [-0.2, 0) is 11.2 Å². The molecule has 3 rings (SSSR count). The van der Waals surface area contributed by atoms with Crippen LogP contribution in [0.3, 0.4) is 0 Å². The van der Waals surface area contributed by atoms with E-state index in [1.54, 1.807) is 0 Å². The lowest BCUT2D eigenvalue weighted by atomic mass is 9.81. The van der Waals surface area contributed by atoms with Gasteiger partial charge in [0.25, 0.3) is 0 Å². The van der Waals surface area contributed by atoms with Gasteiger partial charge in [-0.3, -0.25) is 0 Å². The van der Waals surface area contributed by atoms with E-state index in [0.717, 1.165) is 30.8 Å². The summed E-state index contributed by atoms with van der Waals surface area (Å²) in [7, 11) is 0. The summed E-state index contributed by atoms with van der Waals surface area (Å²) in [5.41, 5.74) is 15.3. The highest BCUT2D eigenvalue weighted by atomic mass is 16.6. The Morgan fingerprint density at radius 2 is 1.64 bits per heavy atom. The fourth-order valence-corrected chi connectivity index (χ4v) is 3.82. The van der Waals surface area contributed by atoms with Crippen LogP contribution in [0.2, 0.25) is 0 Å². The first kappa shape index (κ1) is 20.1. The van der Waals surface area contributed by atoms with E-state index in [2.05, 4.69) is 24.3 Å². The summed E-state index contributed by atoms with van der Waals surface area (Å²) in [6.45, 7) is 7.13. The molecule has 1 aliphatic rings. The lowest BCUT2D eigenvalue weighted by Crippen LogP contribution is -2.35. The number of carbonyl (C=O) groups is 1. The number of nitrogens with zero attached hydrogens (tertiary/aromatic N) is 1. The Balaban J connectivity index is 1.78. The second-order valence-electron chi connectivity index (χ2n) is 8.69. The van der Waals surface area contributed by atoms with Crippen LogP contribution in [0, 0.1) is 5.92 Å². The summed E-state index contributed by atoms with van der Waals surface area (Å²) in [6, 6.07) is 16.2. The summed E-state index contributed by atoms with van der Waals surface area (Å²) < 4.78 is 5.56. The van der Waals surface area contributed by atoms with Crippen molar-refractivity contribution in [3.63, 3.8) is 0 Å². The van der Waals surface area contributed by atoms with E-state index in [1.165, 1.54) is 11.1 Å². The van der Waals surface area contributed by atoms with Crippen molar-refractivity contribution in [2.75, 3.05) is 24.6 Å². The normalized spacial score (nSPS) is 18.1. The van der Waals surface area contributed by atoms with E-state index in [-0.39, 0.29) is 6.09 Å². The molecular weight excluding hydrogens is 350 g/mol. The Morgan fingerprint density at radius 1 is 1.07 bits per heavy atom. The first-order valence-corrected chi connectivity index (χ1v) is 9.89. The van der Waals surface area contributed by atoms with Gasteiger partial charge >= 0.3 is 6.09 Å². The summed E-state index contributed by atoms with van der Waals surface area (Å²) >= 11 is 0. The highest BCUT2D eigenvalue weighted by Crippen LogP contribution is 2.36. The van der Waals surface area contributed by atoms with Gasteiger partial charge in [0.05, 0.1) is 0 Å². The fraction of sp³-hybridized carbons (Fsp3) is 0.435. The Labute approximate surface area is 167 Å². The monoisotopic (exact) mass is 381 g/mol. The number of nitrogens with two attached hydrogens (primary N) is 2. The first-order valence-electron chi connectivity index (χ1n) is 9.89. The molecule has 2 atom stereocenters. The second kappa shape index (κ2) is 8.13. The predicted molar refractivity (Wildman–Crippen MR) is 114 cm³/mol. The zero-order valence-electron chi connectivity index (χ0n) is 17.0. The number of hydrogen-bond acceptors (Lipinski definition) is 4. The van der Waals surface area contributed by atoms with Gasteiger partial charge in [0.1, 0.15) is 5.60 Å². The molecule has 1 saturated heterocycles. The summed E-state index contributed by atoms with van der Waals surface area (Å²) in [5.74, 6) is 0.672. The highest BCUT2D eigenvalue weighted by Gasteiger charge is 2.34.